The topological polar surface area (TPSA) is 61.6 Å². The Morgan fingerprint density at radius 2 is 2.00 bits per heavy atom. The van der Waals surface area contributed by atoms with Gasteiger partial charge in [-0.25, -0.2) is 0 Å². The monoisotopic (exact) mass is 292 g/mol. The predicted molar refractivity (Wildman–Crippen MR) is 89.3 cm³/mol. The van der Waals surface area contributed by atoms with Crippen LogP contribution >= 0.6 is 0 Å². The Morgan fingerprint density at radius 1 is 1.29 bits per heavy atom. The van der Waals surface area contributed by atoms with Crippen LogP contribution in [0, 0.1) is 5.92 Å². The Balaban J connectivity index is 2.54. The van der Waals surface area contributed by atoms with Gasteiger partial charge in [-0.2, -0.15) is 0 Å². The number of anilines is 2. The first-order valence-corrected chi connectivity index (χ1v) is 7.39. The molecule has 0 heterocycles. The van der Waals surface area contributed by atoms with Gasteiger partial charge in [-0.05, 0) is 38.2 Å². The number of carbonyl (C=O) groups excluding carboxylic acids is 1. The third-order valence-electron chi connectivity index (χ3n) is 3.02. The number of hydrogen-bond donors (Lipinski definition) is 2. The van der Waals surface area contributed by atoms with E-state index >= 15 is 0 Å². The third-order valence-corrected chi connectivity index (χ3v) is 3.02. The molecule has 0 radical (unpaired) electrons. The molecule has 21 heavy (non-hydrogen) atoms. The van der Waals surface area contributed by atoms with Gasteiger partial charge in [-0.1, -0.05) is 19.9 Å². The minimum atomic E-state index is 0.00000567. The van der Waals surface area contributed by atoms with Gasteiger partial charge in [0, 0.05) is 31.0 Å². The molecule has 0 atom stereocenters. The van der Waals surface area contributed by atoms with Gasteiger partial charge >= 0.3 is 0 Å². The molecule has 0 fully saturated rings. The van der Waals surface area contributed by atoms with Gasteiger partial charge in [0.25, 0.3) is 0 Å². The molecule has 0 aliphatic rings. The Labute approximate surface area is 128 Å². The van der Waals surface area contributed by atoms with Crippen molar-refractivity contribution in [3.63, 3.8) is 0 Å². The third kappa shape index (κ3) is 7.68. The van der Waals surface area contributed by atoms with Gasteiger partial charge in [0.2, 0.25) is 5.91 Å². The summed E-state index contributed by atoms with van der Waals surface area (Å²) in [7, 11) is 4.08. The number of likely N-dealkylation sites (N-methyl/N-ethyl adjacent to an activating group) is 1. The van der Waals surface area contributed by atoms with Crippen LogP contribution in [0.3, 0.4) is 0 Å². The van der Waals surface area contributed by atoms with Crippen molar-refractivity contribution in [1.29, 1.82) is 0 Å². The van der Waals surface area contributed by atoms with Crippen LogP contribution in [-0.4, -0.2) is 56.0 Å². The number of nitrogens with one attached hydrogen (secondary N) is 1. The van der Waals surface area contributed by atoms with Gasteiger partial charge in [-0.3, -0.25) is 9.69 Å². The second-order valence-corrected chi connectivity index (χ2v) is 6.11. The standard InChI is InChI=1S/C16H28N4O/c1-13(2)11-20(9-8-19(3)4)12-16(21)18-15-7-5-6-14(17)10-15/h5-7,10,13H,8-9,11-12,17H2,1-4H3,(H,18,21). The lowest BCUT2D eigenvalue weighted by atomic mass is 10.2. The quantitative estimate of drug-likeness (QED) is 0.716. The number of nitrogens with two attached hydrogens (primary N) is 1. The van der Waals surface area contributed by atoms with Crippen molar-refractivity contribution in [2.75, 3.05) is 51.3 Å². The highest BCUT2D eigenvalue weighted by Gasteiger charge is 2.12. The molecule has 1 aromatic rings. The van der Waals surface area contributed by atoms with Crippen molar-refractivity contribution in [3.05, 3.63) is 24.3 Å². The van der Waals surface area contributed by atoms with Crippen molar-refractivity contribution in [2.24, 2.45) is 5.92 Å². The molecule has 0 bridgehead atoms. The number of rotatable bonds is 8. The second kappa shape index (κ2) is 8.64. The zero-order chi connectivity index (χ0) is 15.8. The Bertz CT molecular complexity index is 446. The maximum absolute atomic E-state index is 12.2. The lowest BCUT2D eigenvalue weighted by Crippen LogP contribution is -2.39. The summed E-state index contributed by atoms with van der Waals surface area (Å²) in [5.74, 6) is 0.535. The summed E-state index contributed by atoms with van der Waals surface area (Å²) >= 11 is 0. The SMILES string of the molecule is CC(C)CN(CCN(C)C)CC(=O)Nc1cccc(N)c1. The first-order chi connectivity index (χ1) is 9.86. The van der Waals surface area contributed by atoms with E-state index in [0.29, 0.717) is 18.2 Å². The Morgan fingerprint density at radius 3 is 2.57 bits per heavy atom. The molecule has 1 aromatic carbocycles. The van der Waals surface area contributed by atoms with Gasteiger partial charge in [-0.15, -0.1) is 0 Å². The normalized spacial score (nSPS) is 11.4. The van der Waals surface area contributed by atoms with Crippen molar-refractivity contribution >= 4 is 17.3 Å². The number of hydrogen-bond acceptors (Lipinski definition) is 4. The second-order valence-electron chi connectivity index (χ2n) is 6.11. The zero-order valence-corrected chi connectivity index (χ0v) is 13.6. The summed E-state index contributed by atoms with van der Waals surface area (Å²) in [5, 5.41) is 2.90. The lowest BCUT2D eigenvalue weighted by molar-refractivity contribution is -0.117. The number of benzene rings is 1. The number of amides is 1. The van der Waals surface area contributed by atoms with E-state index in [1.807, 2.05) is 26.2 Å². The fourth-order valence-electron chi connectivity index (χ4n) is 2.11. The van der Waals surface area contributed by atoms with Crippen LogP contribution in [-0.2, 0) is 4.79 Å². The summed E-state index contributed by atoms with van der Waals surface area (Å²) in [5.41, 5.74) is 7.11. The van der Waals surface area contributed by atoms with E-state index in [1.54, 1.807) is 12.1 Å². The fraction of sp³-hybridized carbons (Fsp3) is 0.562. The van der Waals surface area contributed by atoms with Gasteiger partial charge in [0.05, 0.1) is 6.54 Å². The van der Waals surface area contributed by atoms with Gasteiger partial charge in [0.15, 0.2) is 0 Å². The highest BCUT2D eigenvalue weighted by Crippen LogP contribution is 2.11. The highest BCUT2D eigenvalue weighted by molar-refractivity contribution is 5.92. The molecule has 0 saturated heterocycles. The molecule has 0 aliphatic heterocycles. The summed E-state index contributed by atoms with van der Waals surface area (Å²) in [6, 6.07) is 7.26. The zero-order valence-electron chi connectivity index (χ0n) is 13.6. The molecule has 1 rings (SSSR count). The van der Waals surface area contributed by atoms with Crippen LogP contribution in [0.5, 0.6) is 0 Å². The largest absolute Gasteiger partial charge is 0.399 e. The summed E-state index contributed by atoms with van der Waals surface area (Å²) < 4.78 is 0. The molecule has 3 N–H and O–H groups in total. The van der Waals surface area contributed by atoms with E-state index in [4.69, 9.17) is 5.73 Å². The maximum Gasteiger partial charge on any atom is 0.238 e. The average Bonchev–Trinajstić information content (AvgIpc) is 2.35. The van der Waals surface area contributed by atoms with E-state index in [9.17, 15) is 4.79 Å². The summed E-state index contributed by atoms with van der Waals surface area (Å²) in [6.45, 7) is 7.48. The number of nitrogens with zero attached hydrogens (tertiary/aromatic N) is 2. The molecular formula is C16H28N4O. The highest BCUT2D eigenvalue weighted by atomic mass is 16.2. The molecular weight excluding hydrogens is 264 g/mol. The van der Waals surface area contributed by atoms with Crippen LogP contribution in [0.4, 0.5) is 11.4 Å². The van der Waals surface area contributed by atoms with Crippen LogP contribution in [0.1, 0.15) is 13.8 Å². The van der Waals surface area contributed by atoms with Crippen molar-refractivity contribution < 1.29 is 4.79 Å². The van der Waals surface area contributed by atoms with E-state index in [1.165, 1.54) is 0 Å². The van der Waals surface area contributed by atoms with E-state index in [-0.39, 0.29) is 5.91 Å². The molecule has 0 spiro atoms. The summed E-state index contributed by atoms with van der Waals surface area (Å²) in [4.78, 5) is 16.5. The first-order valence-electron chi connectivity index (χ1n) is 7.39. The van der Waals surface area contributed by atoms with Gasteiger partial charge < -0.3 is 16.0 Å². The minimum Gasteiger partial charge on any atom is -0.399 e. The van der Waals surface area contributed by atoms with Crippen molar-refractivity contribution in [3.8, 4) is 0 Å². The molecule has 1 amide bonds. The Kier molecular flexibility index (Phi) is 7.19. The van der Waals surface area contributed by atoms with Crippen molar-refractivity contribution in [2.45, 2.75) is 13.8 Å². The van der Waals surface area contributed by atoms with Crippen LogP contribution < -0.4 is 11.1 Å². The van der Waals surface area contributed by atoms with Gasteiger partial charge in [0.1, 0.15) is 0 Å². The molecule has 0 saturated carbocycles. The Hall–Kier alpha value is -1.59. The molecule has 0 unspecified atom stereocenters. The molecule has 118 valence electrons. The van der Waals surface area contributed by atoms with E-state index in [2.05, 4.69) is 29.0 Å². The maximum atomic E-state index is 12.2. The predicted octanol–water partition coefficient (Wildman–Crippen LogP) is 1.73. The van der Waals surface area contributed by atoms with Crippen LogP contribution in [0.25, 0.3) is 0 Å². The van der Waals surface area contributed by atoms with Crippen molar-refractivity contribution in [1.82, 2.24) is 9.80 Å². The van der Waals surface area contributed by atoms with E-state index < -0.39 is 0 Å². The molecule has 5 heteroatoms. The average molecular weight is 292 g/mol. The molecule has 5 nitrogen and oxygen atoms in total. The lowest BCUT2D eigenvalue weighted by Gasteiger charge is -2.25. The van der Waals surface area contributed by atoms with Crippen LogP contribution in [0.15, 0.2) is 24.3 Å². The van der Waals surface area contributed by atoms with E-state index in [0.717, 1.165) is 25.3 Å². The van der Waals surface area contributed by atoms with Crippen LogP contribution in [0.2, 0.25) is 0 Å². The number of carbonyl (C=O) groups is 1. The fourth-order valence-corrected chi connectivity index (χ4v) is 2.11. The minimum absolute atomic E-state index is 0.00000567. The smallest absolute Gasteiger partial charge is 0.238 e. The first kappa shape index (κ1) is 17.5. The summed E-state index contributed by atoms with van der Waals surface area (Å²) in [6.07, 6.45) is 0. The molecule has 0 aromatic heterocycles. The number of nitrogen functional groups attached to an aromatic ring is 1. The molecule has 0 aliphatic carbocycles.